The molecule has 0 radical (unpaired) electrons. The van der Waals surface area contributed by atoms with Crippen LogP contribution in [-0.4, -0.2) is 19.3 Å². The lowest BCUT2D eigenvalue weighted by Gasteiger charge is -2.01. The molecule has 0 atom stereocenters. The van der Waals surface area contributed by atoms with E-state index in [9.17, 15) is 13.2 Å². The molecule has 3 N–H and O–H groups in total. The monoisotopic (exact) mass is 215 g/mol. The van der Waals surface area contributed by atoms with Crippen molar-refractivity contribution in [2.45, 2.75) is 11.8 Å². The van der Waals surface area contributed by atoms with Crippen LogP contribution in [-0.2, 0) is 14.8 Å². The summed E-state index contributed by atoms with van der Waals surface area (Å²) in [7, 11) is -3.72. The topological polar surface area (TPSA) is 102 Å². The summed E-state index contributed by atoms with van der Waals surface area (Å²) >= 11 is 0. The lowest BCUT2D eigenvalue weighted by molar-refractivity contribution is -0.114. The van der Waals surface area contributed by atoms with Crippen LogP contribution in [0.4, 0.5) is 5.82 Å². The predicted octanol–water partition coefficient (Wildman–Crippen LogP) is -0.313. The van der Waals surface area contributed by atoms with Crippen molar-refractivity contribution < 1.29 is 13.2 Å². The number of rotatable bonds is 2. The minimum absolute atomic E-state index is 0.0911. The van der Waals surface area contributed by atoms with E-state index in [0.29, 0.717) is 0 Å². The fourth-order valence-corrected chi connectivity index (χ4v) is 1.26. The molecule has 0 saturated carbocycles. The molecular formula is C7H9N3O3S. The fourth-order valence-electron chi connectivity index (χ4n) is 0.803. The predicted molar refractivity (Wildman–Crippen MR) is 49.9 cm³/mol. The van der Waals surface area contributed by atoms with Gasteiger partial charge in [0.05, 0.1) is 0 Å². The van der Waals surface area contributed by atoms with Gasteiger partial charge in [-0.3, -0.25) is 4.79 Å². The van der Waals surface area contributed by atoms with Crippen molar-refractivity contribution in [3.8, 4) is 0 Å². The van der Waals surface area contributed by atoms with Gasteiger partial charge in [-0.2, -0.15) is 0 Å². The molecule has 76 valence electrons. The molecule has 1 rings (SSSR count). The van der Waals surface area contributed by atoms with Crippen LogP contribution in [0.2, 0.25) is 0 Å². The summed E-state index contributed by atoms with van der Waals surface area (Å²) in [5.41, 5.74) is 0. The number of nitrogens with one attached hydrogen (secondary N) is 1. The normalized spacial score (nSPS) is 11.0. The van der Waals surface area contributed by atoms with E-state index in [2.05, 4.69) is 10.3 Å². The Morgan fingerprint density at radius 3 is 2.50 bits per heavy atom. The second-order valence-corrected chi connectivity index (χ2v) is 4.17. The Bertz CT molecular complexity index is 438. The summed E-state index contributed by atoms with van der Waals surface area (Å²) in [6.07, 6.45) is 1.08. The SMILES string of the molecule is CC(=O)Nc1ccc(S(N)(=O)=O)cn1. The first kappa shape index (κ1) is 10.6. The van der Waals surface area contributed by atoms with E-state index in [1.165, 1.54) is 19.1 Å². The first-order valence-corrected chi connectivity index (χ1v) is 5.20. The molecule has 0 spiro atoms. The molecule has 0 aliphatic carbocycles. The molecule has 14 heavy (non-hydrogen) atoms. The number of anilines is 1. The Hall–Kier alpha value is -1.47. The van der Waals surface area contributed by atoms with Crippen LogP contribution in [0.25, 0.3) is 0 Å². The number of amides is 1. The van der Waals surface area contributed by atoms with E-state index in [-0.39, 0.29) is 16.6 Å². The number of aromatic nitrogens is 1. The van der Waals surface area contributed by atoms with Gasteiger partial charge in [0, 0.05) is 13.1 Å². The highest BCUT2D eigenvalue weighted by atomic mass is 32.2. The molecule has 0 aromatic carbocycles. The summed E-state index contributed by atoms with van der Waals surface area (Å²) in [6.45, 7) is 1.33. The van der Waals surface area contributed by atoms with Crippen molar-refractivity contribution >= 4 is 21.7 Å². The average Bonchev–Trinajstić information content (AvgIpc) is 2.02. The minimum Gasteiger partial charge on any atom is -0.311 e. The van der Waals surface area contributed by atoms with Gasteiger partial charge >= 0.3 is 0 Å². The molecule has 0 aliphatic rings. The lowest BCUT2D eigenvalue weighted by Crippen LogP contribution is -2.13. The Morgan fingerprint density at radius 2 is 2.14 bits per heavy atom. The van der Waals surface area contributed by atoms with Crippen molar-refractivity contribution in [3.63, 3.8) is 0 Å². The van der Waals surface area contributed by atoms with Crippen molar-refractivity contribution in [3.05, 3.63) is 18.3 Å². The van der Waals surface area contributed by atoms with Crippen molar-refractivity contribution in [1.29, 1.82) is 0 Å². The van der Waals surface area contributed by atoms with Gasteiger partial charge in [0.2, 0.25) is 15.9 Å². The van der Waals surface area contributed by atoms with Crippen LogP contribution in [0.1, 0.15) is 6.92 Å². The molecule has 1 aromatic heterocycles. The molecule has 0 unspecified atom stereocenters. The molecule has 6 nitrogen and oxygen atoms in total. The maximum atomic E-state index is 10.8. The molecule has 0 aliphatic heterocycles. The van der Waals surface area contributed by atoms with Crippen molar-refractivity contribution in [2.24, 2.45) is 5.14 Å². The highest BCUT2D eigenvalue weighted by Crippen LogP contribution is 2.08. The largest absolute Gasteiger partial charge is 0.311 e. The maximum Gasteiger partial charge on any atom is 0.239 e. The Labute approximate surface area is 81.2 Å². The van der Waals surface area contributed by atoms with E-state index in [0.717, 1.165) is 6.20 Å². The third-order valence-corrected chi connectivity index (χ3v) is 2.27. The van der Waals surface area contributed by atoms with Gasteiger partial charge in [-0.05, 0) is 12.1 Å². The van der Waals surface area contributed by atoms with Gasteiger partial charge in [0.25, 0.3) is 0 Å². The highest BCUT2D eigenvalue weighted by Gasteiger charge is 2.07. The number of nitrogens with zero attached hydrogens (tertiary/aromatic N) is 1. The van der Waals surface area contributed by atoms with Crippen LogP contribution < -0.4 is 10.5 Å². The quantitative estimate of drug-likeness (QED) is 0.706. The van der Waals surface area contributed by atoms with Crippen LogP contribution in [0.3, 0.4) is 0 Å². The summed E-state index contributed by atoms with van der Waals surface area (Å²) in [5, 5.41) is 7.25. The second kappa shape index (κ2) is 3.72. The zero-order valence-corrected chi connectivity index (χ0v) is 8.21. The van der Waals surface area contributed by atoms with Crippen molar-refractivity contribution in [1.82, 2.24) is 4.98 Å². The summed E-state index contributed by atoms with van der Waals surface area (Å²) < 4.78 is 21.6. The van der Waals surface area contributed by atoms with Crippen LogP contribution in [0, 0.1) is 0 Å². The Balaban J connectivity index is 2.95. The zero-order valence-electron chi connectivity index (χ0n) is 7.39. The molecule has 0 saturated heterocycles. The summed E-state index contributed by atoms with van der Waals surface area (Å²) in [5.74, 6) is 0.00533. The van der Waals surface area contributed by atoms with E-state index in [4.69, 9.17) is 5.14 Å². The van der Waals surface area contributed by atoms with Gasteiger partial charge in [0.1, 0.15) is 10.7 Å². The van der Waals surface area contributed by atoms with Gasteiger partial charge in [-0.1, -0.05) is 0 Å². The summed E-state index contributed by atoms with van der Waals surface area (Å²) in [4.78, 5) is 14.2. The molecular weight excluding hydrogens is 206 g/mol. The number of carbonyl (C=O) groups excluding carboxylic acids is 1. The van der Waals surface area contributed by atoms with E-state index in [1.54, 1.807) is 0 Å². The van der Waals surface area contributed by atoms with Gasteiger partial charge in [-0.15, -0.1) is 0 Å². The first-order chi connectivity index (χ1) is 6.39. The number of pyridine rings is 1. The number of hydrogen-bond donors (Lipinski definition) is 2. The number of carbonyl (C=O) groups is 1. The molecule has 1 aromatic rings. The lowest BCUT2D eigenvalue weighted by atomic mass is 10.4. The molecule has 0 bridgehead atoms. The van der Waals surface area contributed by atoms with Crippen molar-refractivity contribution in [2.75, 3.05) is 5.32 Å². The van der Waals surface area contributed by atoms with E-state index >= 15 is 0 Å². The Kier molecular flexibility index (Phi) is 2.82. The smallest absolute Gasteiger partial charge is 0.239 e. The number of nitrogens with two attached hydrogens (primary N) is 1. The number of sulfonamides is 1. The van der Waals surface area contributed by atoms with Crippen LogP contribution in [0.15, 0.2) is 23.2 Å². The van der Waals surface area contributed by atoms with Crippen LogP contribution in [0.5, 0.6) is 0 Å². The second-order valence-electron chi connectivity index (χ2n) is 2.61. The molecule has 1 amide bonds. The zero-order chi connectivity index (χ0) is 10.8. The van der Waals surface area contributed by atoms with Gasteiger partial charge in [0.15, 0.2) is 0 Å². The first-order valence-electron chi connectivity index (χ1n) is 3.66. The molecule has 1 heterocycles. The third kappa shape index (κ3) is 2.79. The number of hydrogen-bond acceptors (Lipinski definition) is 4. The standard InChI is InChI=1S/C7H9N3O3S/c1-5(11)10-7-3-2-6(4-9-7)14(8,12)13/h2-4H,1H3,(H2,8,12,13)(H,9,10,11). The summed E-state index contributed by atoms with van der Waals surface area (Å²) in [6, 6.07) is 2.63. The number of primary sulfonamides is 1. The average molecular weight is 215 g/mol. The van der Waals surface area contributed by atoms with E-state index < -0.39 is 10.0 Å². The van der Waals surface area contributed by atoms with Gasteiger partial charge < -0.3 is 5.32 Å². The van der Waals surface area contributed by atoms with Gasteiger partial charge in [-0.25, -0.2) is 18.5 Å². The maximum absolute atomic E-state index is 10.8. The minimum atomic E-state index is -3.72. The molecule has 7 heteroatoms. The third-order valence-electron chi connectivity index (χ3n) is 1.37. The van der Waals surface area contributed by atoms with E-state index in [1.807, 2.05) is 0 Å². The Morgan fingerprint density at radius 1 is 1.50 bits per heavy atom. The molecule has 0 fully saturated rings. The highest BCUT2D eigenvalue weighted by molar-refractivity contribution is 7.89. The van der Waals surface area contributed by atoms with Crippen LogP contribution >= 0.6 is 0 Å². The fraction of sp³-hybridized carbons (Fsp3) is 0.143.